The van der Waals surface area contributed by atoms with Crippen LogP contribution >= 0.6 is 0 Å². The van der Waals surface area contributed by atoms with Crippen LogP contribution in [-0.2, 0) is 0 Å². The van der Waals surface area contributed by atoms with Gasteiger partial charge in [-0.2, -0.15) is 0 Å². The topological polar surface area (TPSA) is 83.8 Å². The molecular formula is C16H10O5. The molecule has 0 radical (unpaired) electrons. The van der Waals surface area contributed by atoms with E-state index in [1.54, 1.807) is 30.3 Å². The van der Waals surface area contributed by atoms with Gasteiger partial charge in [0.2, 0.25) is 0 Å². The predicted molar refractivity (Wildman–Crippen MR) is 74.1 cm³/mol. The van der Waals surface area contributed by atoms with Crippen molar-refractivity contribution in [2.75, 3.05) is 0 Å². The fourth-order valence-corrected chi connectivity index (χ4v) is 2.14. The van der Waals surface area contributed by atoms with Crippen LogP contribution in [0.25, 0.3) is 0 Å². The third-order valence-electron chi connectivity index (χ3n) is 3.09. The highest BCUT2D eigenvalue weighted by Gasteiger charge is 2.29. The fourth-order valence-electron chi connectivity index (χ4n) is 2.14. The highest BCUT2D eigenvalue weighted by atomic mass is 16.5. The molecule has 0 bridgehead atoms. The minimum atomic E-state index is -0.559. The van der Waals surface area contributed by atoms with Crippen LogP contribution in [0.5, 0.6) is 23.0 Å². The molecule has 2 N–H and O–H groups in total. The second-order valence-electron chi connectivity index (χ2n) is 4.47. The standard InChI is InChI=1S/C16H10O5/c17-10-6-7-11(18)15-14(10)12(19)8-13(16(15)20)21-9-4-2-1-3-5-9/h1-8,19-20H. The maximum Gasteiger partial charge on any atom is 0.190 e. The summed E-state index contributed by atoms with van der Waals surface area (Å²) in [6.45, 7) is 0. The monoisotopic (exact) mass is 282 g/mol. The number of benzene rings is 2. The van der Waals surface area contributed by atoms with Crippen molar-refractivity contribution in [3.63, 3.8) is 0 Å². The normalized spacial score (nSPS) is 13.1. The number of phenols is 2. The largest absolute Gasteiger partial charge is 0.507 e. The van der Waals surface area contributed by atoms with Crippen molar-refractivity contribution in [1.29, 1.82) is 0 Å². The number of para-hydroxylation sites is 1. The van der Waals surface area contributed by atoms with Gasteiger partial charge in [0.15, 0.2) is 23.1 Å². The van der Waals surface area contributed by atoms with Gasteiger partial charge in [-0.25, -0.2) is 0 Å². The zero-order chi connectivity index (χ0) is 15.0. The van der Waals surface area contributed by atoms with E-state index >= 15 is 0 Å². The first-order chi connectivity index (χ1) is 10.1. The number of allylic oxidation sites excluding steroid dienone is 2. The first-order valence-corrected chi connectivity index (χ1v) is 6.16. The first-order valence-electron chi connectivity index (χ1n) is 6.16. The summed E-state index contributed by atoms with van der Waals surface area (Å²) < 4.78 is 5.44. The molecule has 0 saturated carbocycles. The number of hydrogen-bond donors (Lipinski definition) is 2. The molecule has 0 heterocycles. The lowest BCUT2D eigenvalue weighted by atomic mass is 9.92. The Morgan fingerprint density at radius 2 is 1.48 bits per heavy atom. The Bertz CT molecular complexity index is 775. The SMILES string of the molecule is O=C1C=CC(=O)c2c(O)c(Oc3ccccc3)cc(O)c21. The lowest BCUT2D eigenvalue weighted by Gasteiger charge is -2.16. The molecule has 2 aromatic carbocycles. The van der Waals surface area contributed by atoms with Crippen molar-refractivity contribution in [2.24, 2.45) is 0 Å². The van der Waals surface area contributed by atoms with Crippen molar-refractivity contribution in [2.45, 2.75) is 0 Å². The van der Waals surface area contributed by atoms with Crippen LogP contribution in [0.3, 0.4) is 0 Å². The minimum Gasteiger partial charge on any atom is -0.507 e. The van der Waals surface area contributed by atoms with Crippen LogP contribution < -0.4 is 4.74 Å². The van der Waals surface area contributed by atoms with E-state index in [0.717, 1.165) is 18.2 Å². The molecule has 104 valence electrons. The van der Waals surface area contributed by atoms with Gasteiger partial charge < -0.3 is 14.9 Å². The summed E-state index contributed by atoms with van der Waals surface area (Å²) in [5.74, 6) is -1.63. The van der Waals surface area contributed by atoms with Crippen LogP contribution in [0.2, 0.25) is 0 Å². The van der Waals surface area contributed by atoms with Crippen LogP contribution in [0.15, 0.2) is 48.6 Å². The van der Waals surface area contributed by atoms with Crippen LogP contribution in [-0.4, -0.2) is 21.8 Å². The third-order valence-corrected chi connectivity index (χ3v) is 3.09. The molecule has 2 aromatic rings. The third kappa shape index (κ3) is 2.14. The average Bonchev–Trinajstić information content (AvgIpc) is 2.48. The van der Waals surface area contributed by atoms with E-state index < -0.39 is 23.1 Å². The number of carbonyl (C=O) groups is 2. The molecule has 0 amide bonds. The Balaban J connectivity index is 2.13. The van der Waals surface area contributed by atoms with Crippen molar-refractivity contribution in [1.82, 2.24) is 0 Å². The number of aromatic hydroxyl groups is 2. The van der Waals surface area contributed by atoms with Gasteiger partial charge in [-0.05, 0) is 24.3 Å². The van der Waals surface area contributed by atoms with Gasteiger partial charge in [0, 0.05) is 6.07 Å². The summed E-state index contributed by atoms with van der Waals surface area (Å²) in [5.41, 5.74) is -0.450. The second kappa shape index (κ2) is 4.79. The van der Waals surface area contributed by atoms with Crippen molar-refractivity contribution >= 4 is 11.6 Å². The van der Waals surface area contributed by atoms with Gasteiger partial charge in [0.25, 0.3) is 0 Å². The summed E-state index contributed by atoms with van der Waals surface area (Å²) in [7, 11) is 0. The quantitative estimate of drug-likeness (QED) is 0.827. The van der Waals surface area contributed by atoms with Crippen LogP contribution in [0, 0.1) is 0 Å². The predicted octanol–water partition coefficient (Wildman–Crippen LogP) is 2.83. The number of carbonyl (C=O) groups excluding carboxylic acids is 2. The number of ether oxygens (including phenoxy) is 1. The first kappa shape index (κ1) is 12.9. The second-order valence-corrected chi connectivity index (χ2v) is 4.47. The summed E-state index contributed by atoms with van der Waals surface area (Å²) in [4.78, 5) is 23.6. The van der Waals surface area contributed by atoms with Gasteiger partial charge >= 0.3 is 0 Å². The molecule has 0 fully saturated rings. The van der Waals surface area contributed by atoms with Gasteiger partial charge in [-0.15, -0.1) is 0 Å². The highest BCUT2D eigenvalue weighted by Crippen LogP contribution is 2.42. The minimum absolute atomic E-state index is 0.0890. The van der Waals surface area contributed by atoms with E-state index in [9.17, 15) is 19.8 Å². The smallest absolute Gasteiger partial charge is 0.190 e. The number of ketones is 2. The molecule has 1 aliphatic rings. The molecule has 5 nitrogen and oxygen atoms in total. The van der Waals surface area contributed by atoms with E-state index in [2.05, 4.69) is 0 Å². The van der Waals surface area contributed by atoms with E-state index in [0.29, 0.717) is 5.75 Å². The zero-order valence-corrected chi connectivity index (χ0v) is 10.7. The van der Waals surface area contributed by atoms with E-state index in [1.165, 1.54) is 0 Å². The molecule has 1 aliphatic carbocycles. The Morgan fingerprint density at radius 1 is 0.857 bits per heavy atom. The lowest BCUT2D eigenvalue weighted by Crippen LogP contribution is -2.12. The van der Waals surface area contributed by atoms with Gasteiger partial charge in [0.05, 0.1) is 11.1 Å². The van der Waals surface area contributed by atoms with Gasteiger partial charge in [0.1, 0.15) is 11.5 Å². The van der Waals surface area contributed by atoms with Gasteiger partial charge in [-0.3, -0.25) is 9.59 Å². The lowest BCUT2D eigenvalue weighted by molar-refractivity contribution is 0.0988. The van der Waals surface area contributed by atoms with E-state index in [-0.39, 0.29) is 16.9 Å². The van der Waals surface area contributed by atoms with Crippen molar-refractivity contribution < 1.29 is 24.5 Å². The molecule has 0 saturated heterocycles. The Hall–Kier alpha value is -3.08. The van der Waals surface area contributed by atoms with Crippen molar-refractivity contribution in [3.05, 3.63) is 59.7 Å². The molecule has 21 heavy (non-hydrogen) atoms. The summed E-state index contributed by atoms with van der Waals surface area (Å²) in [6.07, 6.45) is 2.11. The van der Waals surface area contributed by atoms with Crippen LogP contribution in [0.4, 0.5) is 0 Å². The number of hydrogen-bond acceptors (Lipinski definition) is 5. The molecule has 0 aliphatic heterocycles. The molecule has 0 unspecified atom stereocenters. The Morgan fingerprint density at radius 3 is 2.14 bits per heavy atom. The molecule has 0 atom stereocenters. The van der Waals surface area contributed by atoms with Crippen molar-refractivity contribution in [3.8, 4) is 23.0 Å². The number of rotatable bonds is 2. The fraction of sp³-hybridized carbons (Fsp3) is 0. The van der Waals surface area contributed by atoms with Crippen LogP contribution in [0.1, 0.15) is 20.7 Å². The zero-order valence-electron chi connectivity index (χ0n) is 10.7. The molecular weight excluding hydrogens is 272 g/mol. The molecule has 3 rings (SSSR count). The molecule has 0 spiro atoms. The Kier molecular flexibility index (Phi) is 2.95. The number of fused-ring (bicyclic) bond motifs is 1. The average molecular weight is 282 g/mol. The summed E-state index contributed by atoms with van der Waals surface area (Å²) in [5, 5.41) is 20.1. The maximum atomic E-state index is 11.8. The molecule has 5 heteroatoms. The molecule has 0 aromatic heterocycles. The summed E-state index contributed by atoms with van der Waals surface area (Å²) >= 11 is 0. The van der Waals surface area contributed by atoms with E-state index in [1.807, 2.05) is 0 Å². The summed E-state index contributed by atoms with van der Waals surface area (Å²) in [6, 6.07) is 9.70. The van der Waals surface area contributed by atoms with Gasteiger partial charge in [-0.1, -0.05) is 18.2 Å². The highest BCUT2D eigenvalue weighted by molar-refractivity contribution is 6.24. The van der Waals surface area contributed by atoms with E-state index in [4.69, 9.17) is 4.74 Å². The number of phenolic OH excluding ortho intramolecular Hbond substituents is 2. The Labute approximate surface area is 119 Å². The maximum absolute atomic E-state index is 11.8.